The molecule has 4 aromatic rings. The Bertz CT molecular complexity index is 1390. The summed E-state index contributed by atoms with van der Waals surface area (Å²) in [6.07, 6.45) is -2.10. The SMILES string of the molecule is CS(=O)(=O)c1ccc2nc(N(Cc3ccco3)C(=O)c3cccc(C(F)(F)F)c3)sc2c1. The summed E-state index contributed by atoms with van der Waals surface area (Å²) in [7, 11) is -3.45. The lowest BCUT2D eigenvalue weighted by molar-refractivity contribution is -0.137. The number of alkyl halides is 3. The van der Waals surface area contributed by atoms with Gasteiger partial charge in [-0.25, -0.2) is 13.4 Å². The van der Waals surface area contributed by atoms with E-state index in [1.165, 1.54) is 35.4 Å². The molecule has 0 N–H and O–H groups in total. The second-order valence-corrected chi connectivity index (χ2v) is 9.97. The molecule has 0 aliphatic rings. The molecule has 2 aromatic carbocycles. The van der Waals surface area contributed by atoms with E-state index < -0.39 is 27.5 Å². The van der Waals surface area contributed by atoms with E-state index in [1.54, 1.807) is 12.1 Å². The number of amides is 1. The van der Waals surface area contributed by atoms with Crippen molar-refractivity contribution in [2.75, 3.05) is 11.2 Å². The standard InChI is InChI=1S/C21H15F3N2O4S2/c1-32(28,29)16-7-8-17-18(11-16)31-20(25-17)26(12-15-6-3-9-30-15)19(27)13-4-2-5-14(10-13)21(22,23)24/h2-11H,12H2,1H3. The summed E-state index contributed by atoms with van der Waals surface area (Å²) in [5.74, 6) is -0.295. The Morgan fingerprint density at radius 1 is 1.12 bits per heavy atom. The molecule has 0 radical (unpaired) electrons. The van der Waals surface area contributed by atoms with Crippen LogP contribution in [0, 0.1) is 0 Å². The number of hydrogen-bond acceptors (Lipinski definition) is 6. The number of hydrogen-bond donors (Lipinski definition) is 0. The van der Waals surface area contributed by atoms with Gasteiger partial charge in [0.15, 0.2) is 15.0 Å². The van der Waals surface area contributed by atoms with Crippen LogP contribution < -0.4 is 4.90 Å². The quantitative estimate of drug-likeness (QED) is 0.394. The van der Waals surface area contributed by atoms with Gasteiger partial charge < -0.3 is 4.42 Å². The minimum Gasteiger partial charge on any atom is -0.467 e. The molecular formula is C21H15F3N2O4S2. The van der Waals surface area contributed by atoms with E-state index in [-0.39, 0.29) is 22.1 Å². The van der Waals surface area contributed by atoms with Crippen LogP contribution in [-0.2, 0) is 22.6 Å². The fourth-order valence-corrected chi connectivity index (χ4v) is 4.73. The van der Waals surface area contributed by atoms with Crippen LogP contribution in [0.25, 0.3) is 10.2 Å². The molecule has 0 saturated carbocycles. The minimum absolute atomic E-state index is 0.0686. The van der Waals surface area contributed by atoms with Gasteiger partial charge in [-0.2, -0.15) is 13.2 Å². The molecule has 2 heterocycles. The molecule has 32 heavy (non-hydrogen) atoms. The molecule has 11 heteroatoms. The van der Waals surface area contributed by atoms with Gasteiger partial charge in [0.2, 0.25) is 0 Å². The largest absolute Gasteiger partial charge is 0.467 e. The fraction of sp³-hybridized carbons (Fsp3) is 0.143. The summed E-state index contributed by atoms with van der Waals surface area (Å²) in [5.41, 5.74) is -0.649. The second-order valence-electron chi connectivity index (χ2n) is 6.95. The third kappa shape index (κ3) is 4.53. The zero-order valence-electron chi connectivity index (χ0n) is 16.5. The van der Waals surface area contributed by atoms with Gasteiger partial charge in [0, 0.05) is 11.8 Å². The molecule has 0 aliphatic carbocycles. The summed E-state index contributed by atoms with van der Waals surface area (Å²) in [6.45, 7) is -0.0686. The highest BCUT2D eigenvalue weighted by Gasteiger charge is 2.32. The first-order chi connectivity index (χ1) is 15.0. The Labute approximate surface area is 184 Å². The Kier molecular flexibility index (Phi) is 5.55. The number of anilines is 1. The zero-order valence-corrected chi connectivity index (χ0v) is 18.1. The number of sulfone groups is 1. The van der Waals surface area contributed by atoms with E-state index in [4.69, 9.17) is 4.42 Å². The summed E-state index contributed by atoms with van der Waals surface area (Å²) in [6, 6.07) is 11.8. The monoisotopic (exact) mass is 480 g/mol. The van der Waals surface area contributed by atoms with Crippen molar-refractivity contribution in [3.8, 4) is 0 Å². The number of fused-ring (bicyclic) bond motifs is 1. The average molecular weight is 480 g/mol. The van der Waals surface area contributed by atoms with Crippen molar-refractivity contribution in [2.45, 2.75) is 17.6 Å². The van der Waals surface area contributed by atoms with Gasteiger partial charge in [-0.15, -0.1) is 0 Å². The van der Waals surface area contributed by atoms with Gasteiger partial charge in [-0.1, -0.05) is 17.4 Å². The molecule has 2 aromatic heterocycles. The van der Waals surface area contributed by atoms with Crippen molar-refractivity contribution in [3.05, 3.63) is 77.7 Å². The normalized spacial score (nSPS) is 12.2. The maximum absolute atomic E-state index is 13.2. The summed E-state index contributed by atoms with van der Waals surface area (Å²) < 4.78 is 68.9. The van der Waals surface area contributed by atoms with E-state index in [1.807, 2.05) is 0 Å². The average Bonchev–Trinajstić information content (AvgIpc) is 3.39. The highest BCUT2D eigenvalue weighted by Crippen LogP contribution is 2.34. The Morgan fingerprint density at radius 3 is 2.56 bits per heavy atom. The number of carbonyl (C=O) groups is 1. The van der Waals surface area contributed by atoms with Gasteiger partial charge in [-0.3, -0.25) is 9.69 Å². The first kappa shape index (κ1) is 22.0. The zero-order chi connectivity index (χ0) is 23.1. The second kappa shape index (κ2) is 8.06. The molecular weight excluding hydrogens is 465 g/mol. The van der Waals surface area contributed by atoms with Gasteiger partial charge in [0.05, 0.1) is 33.5 Å². The summed E-state index contributed by atoms with van der Waals surface area (Å²) in [5, 5.41) is 0.199. The van der Waals surface area contributed by atoms with Crippen LogP contribution in [0.4, 0.5) is 18.3 Å². The van der Waals surface area contributed by atoms with E-state index in [9.17, 15) is 26.4 Å². The molecule has 1 amide bonds. The first-order valence-corrected chi connectivity index (χ1v) is 11.9. The van der Waals surface area contributed by atoms with Gasteiger partial charge >= 0.3 is 6.18 Å². The highest BCUT2D eigenvalue weighted by molar-refractivity contribution is 7.90. The number of rotatable bonds is 5. The maximum Gasteiger partial charge on any atom is 0.416 e. The minimum atomic E-state index is -4.60. The molecule has 4 rings (SSSR count). The van der Waals surface area contributed by atoms with Gasteiger partial charge in [0.1, 0.15) is 5.76 Å². The van der Waals surface area contributed by atoms with Crippen molar-refractivity contribution >= 4 is 42.4 Å². The van der Waals surface area contributed by atoms with Crippen LogP contribution in [0.3, 0.4) is 0 Å². The topological polar surface area (TPSA) is 80.5 Å². The highest BCUT2D eigenvalue weighted by atomic mass is 32.2. The van der Waals surface area contributed by atoms with Crippen LogP contribution in [0.1, 0.15) is 21.7 Å². The van der Waals surface area contributed by atoms with Crippen LogP contribution in [0.15, 0.2) is 70.2 Å². The van der Waals surface area contributed by atoms with E-state index >= 15 is 0 Å². The molecule has 0 fully saturated rings. The number of nitrogens with zero attached hydrogens (tertiary/aromatic N) is 2. The molecule has 0 bridgehead atoms. The predicted molar refractivity (Wildman–Crippen MR) is 113 cm³/mol. The van der Waals surface area contributed by atoms with Crippen molar-refractivity contribution in [1.82, 2.24) is 4.98 Å². The van der Waals surface area contributed by atoms with Crippen LogP contribution in [0.2, 0.25) is 0 Å². The number of carbonyl (C=O) groups excluding carboxylic acids is 1. The van der Waals surface area contributed by atoms with E-state index in [2.05, 4.69) is 4.98 Å². The molecule has 0 atom stereocenters. The number of furan rings is 1. The number of thiazole rings is 1. The maximum atomic E-state index is 13.2. The molecule has 0 spiro atoms. The van der Waals surface area contributed by atoms with Crippen LogP contribution >= 0.6 is 11.3 Å². The Morgan fingerprint density at radius 2 is 1.91 bits per heavy atom. The van der Waals surface area contributed by atoms with E-state index in [0.29, 0.717) is 16.0 Å². The van der Waals surface area contributed by atoms with Crippen molar-refractivity contribution in [3.63, 3.8) is 0 Å². The number of halogens is 3. The Hall–Kier alpha value is -3.18. The molecule has 166 valence electrons. The summed E-state index contributed by atoms with van der Waals surface area (Å²) >= 11 is 1.06. The third-order valence-electron chi connectivity index (χ3n) is 4.58. The van der Waals surface area contributed by atoms with Crippen molar-refractivity contribution < 1.29 is 30.8 Å². The fourth-order valence-electron chi connectivity index (χ4n) is 3.01. The van der Waals surface area contributed by atoms with E-state index in [0.717, 1.165) is 35.8 Å². The smallest absolute Gasteiger partial charge is 0.416 e. The third-order valence-corrected chi connectivity index (χ3v) is 6.74. The van der Waals surface area contributed by atoms with Crippen molar-refractivity contribution in [2.24, 2.45) is 0 Å². The van der Waals surface area contributed by atoms with Crippen molar-refractivity contribution in [1.29, 1.82) is 0 Å². The molecule has 0 saturated heterocycles. The molecule has 6 nitrogen and oxygen atoms in total. The Balaban J connectivity index is 1.78. The number of aromatic nitrogens is 1. The van der Waals surface area contributed by atoms with Gasteiger partial charge in [-0.05, 0) is 48.5 Å². The van der Waals surface area contributed by atoms with Gasteiger partial charge in [0.25, 0.3) is 5.91 Å². The molecule has 0 unspecified atom stereocenters. The summed E-state index contributed by atoms with van der Waals surface area (Å²) in [4.78, 5) is 18.9. The first-order valence-electron chi connectivity index (χ1n) is 9.14. The lowest BCUT2D eigenvalue weighted by Crippen LogP contribution is -2.30. The lowest BCUT2D eigenvalue weighted by atomic mass is 10.1. The lowest BCUT2D eigenvalue weighted by Gasteiger charge is -2.19. The molecule has 0 aliphatic heterocycles. The van der Waals surface area contributed by atoms with Crippen LogP contribution in [-0.4, -0.2) is 25.6 Å². The number of benzene rings is 2. The van der Waals surface area contributed by atoms with Crippen LogP contribution in [0.5, 0.6) is 0 Å². The predicted octanol–water partition coefficient (Wildman–Crippen LogP) is 5.16.